The zero-order chi connectivity index (χ0) is 28.9. The van der Waals surface area contributed by atoms with Gasteiger partial charge in [0.15, 0.2) is 17.1 Å². The van der Waals surface area contributed by atoms with E-state index in [2.05, 4.69) is 31.2 Å². The molecule has 2 amide bonds. The number of guanidine groups is 2. The molecule has 0 aliphatic carbocycles. The smallest absolute Gasteiger partial charge is 0.274 e. The van der Waals surface area contributed by atoms with Gasteiger partial charge in [0.1, 0.15) is 11.4 Å². The van der Waals surface area contributed by atoms with Crippen LogP contribution in [0.2, 0.25) is 0 Å². The SMILES string of the molecule is N=C(N)NCCc1cccc(NC(=O)c2cc(C(=O)Nc3cccc(CCNC(=N)N)c3)nc(SCCN)n2)c1. The molecule has 3 aromatic rings. The van der Waals surface area contributed by atoms with Crippen molar-refractivity contribution in [3.63, 3.8) is 0 Å². The second-order valence-electron chi connectivity index (χ2n) is 8.55. The topological polar surface area (TPSA) is 234 Å². The summed E-state index contributed by atoms with van der Waals surface area (Å²) in [5.74, 6) is -0.689. The maximum absolute atomic E-state index is 13.1. The minimum absolute atomic E-state index is 0.0346. The van der Waals surface area contributed by atoms with Gasteiger partial charge in [0.25, 0.3) is 11.8 Å². The second kappa shape index (κ2) is 15.0. The number of carbonyl (C=O) groups is 2. The van der Waals surface area contributed by atoms with E-state index in [1.54, 1.807) is 12.1 Å². The van der Waals surface area contributed by atoms with Gasteiger partial charge in [-0.1, -0.05) is 36.0 Å². The second-order valence-corrected chi connectivity index (χ2v) is 9.61. The quantitative estimate of drug-likeness (QED) is 0.0621. The summed E-state index contributed by atoms with van der Waals surface area (Å²) in [6, 6.07) is 15.9. The Morgan fingerprint density at radius 2 is 1.25 bits per heavy atom. The molecule has 0 bridgehead atoms. The van der Waals surface area contributed by atoms with Gasteiger partial charge in [-0.05, 0) is 48.2 Å². The van der Waals surface area contributed by atoms with E-state index in [4.69, 9.17) is 28.0 Å². The Morgan fingerprint density at radius 3 is 1.68 bits per heavy atom. The van der Waals surface area contributed by atoms with Crippen LogP contribution in [0.25, 0.3) is 0 Å². The van der Waals surface area contributed by atoms with Crippen LogP contribution >= 0.6 is 11.8 Å². The highest BCUT2D eigenvalue weighted by atomic mass is 32.2. The van der Waals surface area contributed by atoms with Crippen LogP contribution in [0.4, 0.5) is 11.4 Å². The molecule has 0 spiro atoms. The molecule has 40 heavy (non-hydrogen) atoms. The van der Waals surface area contributed by atoms with E-state index < -0.39 is 11.8 Å². The van der Waals surface area contributed by atoms with Crippen molar-refractivity contribution in [3.8, 4) is 0 Å². The van der Waals surface area contributed by atoms with Gasteiger partial charge in [0.2, 0.25) is 0 Å². The number of amides is 2. The van der Waals surface area contributed by atoms with Crippen molar-refractivity contribution in [1.82, 2.24) is 20.6 Å². The van der Waals surface area contributed by atoms with Crippen molar-refractivity contribution in [3.05, 3.63) is 77.1 Å². The van der Waals surface area contributed by atoms with Gasteiger partial charge in [0.05, 0.1) is 0 Å². The summed E-state index contributed by atoms with van der Waals surface area (Å²) in [5.41, 5.74) is 19.3. The average molecular weight is 564 g/mol. The third-order valence-corrected chi connectivity index (χ3v) is 6.23. The first-order valence-electron chi connectivity index (χ1n) is 12.4. The van der Waals surface area contributed by atoms with Gasteiger partial charge < -0.3 is 38.5 Å². The Labute approximate surface area is 236 Å². The molecule has 13 nitrogen and oxygen atoms in total. The highest BCUT2D eigenvalue weighted by molar-refractivity contribution is 7.99. The molecule has 1 heterocycles. The fourth-order valence-electron chi connectivity index (χ4n) is 3.55. The minimum Gasteiger partial charge on any atom is -0.370 e. The van der Waals surface area contributed by atoms with Crippen LogP contribution < -0.4 is 38.5 Å². The van der Waals surface area contributed by atoms with Gasteiger partial charge in [0, 0.05) is 42.8 Å². The van der Waals surface area contributed by atoms with E-state index in [9.17, 15) is 9.59 Å². The van der Waals surface area contributed by atoms with Crippen molar-refractivity contribution in [2.75, 3.05) is 36.0 Å². The number of carbonyl (C=O) groups excluding carboxylic acids is 2. The lowest BCUT2D eigenvalue weighted by molar-refractivity contribution is 0.102. The van der Waals surface area contributed by atoms with Crippen molar-refractivity contribution in [2.24, 2.45) is 17.2 Å². The molecule has 0 atom stereocenters. The van der Waals surface area contributed by atoms with E-state index in [1.165, 1.54) is 17.8 Å². The molecule has 0 saturated heterocycles. The molecular formula is C26H33N11O2S. The number of hydrogen-bond donors (Lipinski definition) is 9. The zero-order valence-corrected chi connectivity index (χ0v) is 22.6. The number of aromatic nitrogens is 2. The van der Waals surface area contributed by atoms with Crippen LogP contribution in [-0.4, -0.2) is 59.1 Å². The minimum atomic E-state index is -0.495. The summed E-state index contributed by atoms with van der Waals surface area (Å²) in [7, 11) is 0. The summed E-state index contributed by atoms with van der Waals surface area (Å²) >= 11 is 1.25. The molecule has 0 radical (unpaired) electrons. The first kappa shape index (κ1) is 29.9. The summed E-state index contributed by atoms with van der Waals surface area (Å²) in [4.78, 5) is 34.9. The Hall–Kier alpha value is -4.69. The normalized spacial score (nSPS) is 10.4. The molecule has 210 valence electrons. The molecule has 12 N–H and O–H groups in total. The fourth-order valence-corrected chi connectivity index (χ4v) is 4.18. The highest BCUT2D eigenvalue weighted by Crippen LogP contribution is 2.18. The van der Waals surface area contributed by atoms with Gasteiger partial charge in [-0.3, -0.25) is 20.4 Å². The Kier molecular flexibility index (Phi) is 11.2. The maximum atomic E-state index is 13.1. The van der Waals surface area contributed by atoms with E-state index in [1.807, 2.05) is 36.4 Å². The lowest BCUT2D eigenvalue weighted by atomic mass is 10.1. The average Bonchev–Trinajstić information content (AvgIpc) is 2.92. The predicted molar refractivity (Wildman–Crippen MR) is 158 cm³/mol. The van der Waals surface area contributed by atoms with Crippen molar-refractivity contribution < 1.29 is 9.59 Å². The number of nitrogens with zero attached hydrogens (tertiary/aromatic N) is 2. The maximum Gasteiger partial charge on any atom is 0.274 e. The first-order chi connectivity index (χ1) is 19.2. The molecular weight excluding hydrogens is 530 g/mol. The molecule has 3 rings (SSSR count). The molecule has 14 heteroatoms. The monoisotopic (exact) mass is 563 g/mol. The Morgan fingerprint density at radius 1 is 0.775 bits per heavy atom. The van der Waals surface area contributed by atoms with Crippen molar-refractivity contribution in [1.29, 1.82) is 10.8 Å². The lowest BCUT2D eigenvalue weighted by Gasteiger charge is -2.11. The van der Waals surface area contributed by atoms with Gasteiger partial charge >= 0.3 is 0 Å². The summed E-state index contributed by atoms with van der Waals surface area (Å²) in [5, 5.41) is 25.9. The first-order valence-corrected chi connectivity index (χ1v) is 13.4. The summed E-state index contributed by atoms with van der Waals surface area (Å²) < 4.78 is 0. The van der Waals surface area contributed by atoms with Crippen LogP contribution in [0.1, 0.15) is 32.1 Å². The largest absolute Gasteiger partial charge is 0.370 e. The van der Waals surface area contributed by atoms with E-state index >= 15 is 0 Å². The molecule has 0 aliphatic heterocycles. The number of benzene rings is 2. The fraction of sp³-hybridized carbons (Fsp3) is 0.231. The van der Waals surface area contributed by atoms with Gasteiger partial charge in [-0.2, -0.15) is 0 Å². The molecule has 0 aliphatic rings. The molecule has 1 aromatic heterocycles. The number of anilines is 2. The third kappa shape index (κ3) is 9.89. The highest BCUT2D eigenvalue weighted by Gasteiger charge is 2.17. The number of rotatable bonds is 13. The van der Waals surface area contributed by atoms with Crippen LogP contribution in [-0.2, 0) is 12.8 Å². The summed E-state index contributed by atoms with van der Waals surface area (Å²) in [6.45, 7) is 1.34. The van der Waals surface area contributed by atoms with E-state index in [0.29, 0.717) is 49.6 Å². The predicted octanol–water partition coefficient (Wildman–Crippen LogP) is 1.08. The van der Waals surface area contributed by atoms with Crippen molar-refractivity contribution in [2.45, 2.75) is 18.0 Å². The molecule has 2 aromatic carbocycles. The van der Waals surface area contributed by atoms with Crippen LogP contribution in [0.5, 0.6) is 0 Å². The van der Waals surface area contributed by atoms with Crippen LogP contribution in [0.3, 0.4) is 0 Å². The number of nitrogens with one attached hydrogen (secondary N) is 6. The standard InChI is InChI=1S/C26H33N11O2S/c27-9-12-40-26-36-20(22(38)34-18-5-1-3-16(13-18)7-10-32-24(28)29)15-21(37-26)23(39)35-19-6-2-4-17(14-19)8-11-33-25(30)31/h1-6,13-15H,7-12,27H2,(H,34,38)(H,35,39)(H4,28,29,32)(H4,30,31,33). The van der Waals surface area contributed by atoms with Gasteiger partial charge in [-0.25, -0.2) is 9.97 Å². The van der Waals surface area contributed by atoms with E-state index in [-0.39, 0.29) is 28.5 Å². The number of nitrogens with two attached hydrogens (primary N) is 3. The number of thioether (sulfide) groups is 1. The van der Waals surface area contributed by atoms with Crippen molar-refractivity contribution >= 4 is 46.9 Å². The molecule has 0 fully saturated rings. The lowest BCUT2D eigenvalue weighted by Crippen LogP contribution is -2.31. The Balaban J connectivity index is 1.75. The molecule has 0 saturated carbocycles. The van der Waals surface area contributed by atoms with E-state index in [0.717, 1.165) is 11.1 Å². The molecule has 0 unspecified atom stereocenters. The zero-order valence-electron chi connectivity index (χ0n) is 21.8. The van der Waals surface area contributed by atoms with Crippen LogP contribution in [0, 0.1) is 10.8 Å². The Bertz CT molecular complexity index is 1270. The van der Waals surface area contributed by atoms with Crippen LogP contribution in [0.15, 0.2) is 59.8 Å². The third-order valence-electron chi connectivity index (χ3n) is 5.35. The number of hydrogen-bond acceptors (Lipinski definition) is 8. The van der Waals surface area contributed by atoms with Gasteiger partial charge in [-0.15, -0.1) is 0 Å². The summed E-state index contributed by atoms with van der Waals surface area (Å²) in [6.07, 6.45) is 1.21.